The average molecular weight is 366 g/mol. The van der Waals surface area contributed by atoms with Crippen LogP contribution in [0.25, 0.3) is 11.0 Å². The van der Waals surface area contributed by atoms with E-state index in [1.165, 1.54) is 11.8 Å². The van der Waals surface area contributed by atoms with E-state index in [1.54, 1.807) is 0 Å². The van der Waals surface area contributed by atoms with Crippen molar-refractivity contribution in [3.8, 4) is 0 Å². The standard InChI is InChI=1S/C20H18N2O3S/c1-12(16-10-13-6-2-4-8-15(13)25-16)21-19(23)11-18-20(24)22-14-7-3-5-9-17(14)26-18/h2-10,12,18H,11H2,1H3,(H,21,23)(H,22,24)/t12-,18+/m0/s1. The highest BCUT2D eigenvalue weighted by Gasteiger charge is 2.29. The van der Waals surface area contributed by atoms with Crippen molar-refractivity contribution in [3.05, 3.63) is 60.4 Å². The number of hydrogen-bond acceptors (Lipinski definition) is 4. The maximum Gasteiger partial charge on any atom is 0.238 e. The molecule has 2 atom stereocenters. The van der Waals surface area contributed by atoms with E-state index in [0.717, 1.165) is 21.6 Å². The van der Waals surface area contributed by atoms with Crippen molar-refractivity contribution in [2.45, 2.75) is 29.5 Å². The molecule has 6 heteroatoms. The predicted molar refractivity (Wildman–Crippen MR) is 102 cm³/mol. The number of nitrogens with one attached hydrogen (secondary N) is 2. The van der Waals surface area contributed by atoms with Gasteiger partial charge in [0.2, 0.25) is 11.8 Å². The second-order valence-electron chi connectivity index (χ2n) is 6.27. The fraction of sp³-hybridized carbons (Fsp3) is 0.200. The number of benzene rings is 2. The van der Waals surface area contributed by atoms with E-state index < -0.39 is 5.25 Å². The maximum absolute atomic E-state index is 12.4. The van der Waals surface area contributed by atoms with Crippen LogP contribution in [0.5, 0.6) is 0 Å². The van der Waals surface area contributed by atoms with E-state index in [2.05, 4.69) is 10.6 Å². The first kappa shape index (κ1) is 16.7. The highest BCUT2D eigenvalue weighted by Crippen LogP contribution is 2.36. The van der Waals surface area contributed by atoms with Crippen LogP contribution in [-0.4, -0.2) is 17.1 Å². The molecule has 2 N–H and O–H groups in total. The highest BCUT2D eigenvalue weighted by molar-refractivity contribution is 8.01. The molecular weight excluding hydrogens is 348 g/mol. The minimum Gasteiger partial charge on any atom is -0.459 e. The van der Waals surface area contributed by atoms with E-state index in [4.69, 9.17) is 4.42 Å². The Kier molecular flexibility index (Phi) is 4.42. The van der Waals surface area contributed by atoms with E-state index in [-0.39, 0.29) is 24.3 Å². The Balaban J connectivity index is 1.41. The number of rotatable bonds is 4. The number of thioether (sulfide) groups is 1. The van der Waals surface area contributed by atoms with Gasteiger partial charge in [-0.25, -0.2) is 0 Å². The van der Waals surface area contributed by atoms with Gasteiger partial charge < -0.3 is 15.1 Å². The Morgan fingerprint density at radius 1 is 1.23 bits per heavy atom. The third-order valence-corrected chi connectivity index (χ3v) is 5.60. The van der Waals surface area contributed by atoms with E-state index >= 15 is 0 Å². The van der Waals surface area contributed by atoms with Crippen LogP contribution in [0.4, 0.5) is 5.69 Å². The van der Waals surface area contributed by atoms with Crippen molar-refractivity contribution >= 4 is 40.2 Å². The lowest BCUT2D eigenvalue weighted by molar-refractivity contribution is -0.124. The van der Waals surface area contributed by atoms with Gasteiger partial charge in [0, 0.05) is 16.7 Å². The van der Waals surface area contributed by atoms with Crippen LogP contribution in [0.1, 0.15) is 25.1 Å². The molecule has 3 aromatic rings. The normalized spacial score (nSPS) is 17.4. The van der Waals surface area contributed by atoms with E-state index in [1.807, 2.05) is 61.5 Å². The molecule has 26 heavy (non-hydrogen) atoms. The summed E-state index contributed by atoms with van der Waals surface area (Å²) < 4.78 is 5.79. The first-order chi connectivity index (χ1) is 12.6. The van der Waals surface area contributed by atoms with E-state index in [9.17, 15) is 9.59 Å². The molecule has 0 spiro atoms. The van der Waals surface area contributed by atoms with Crippen molar-refractivity contribution < 1.29 is 14.0 Å². The molecule has 1 aromatic heterocycles. The molecule has 0 fully saturated rings. The summed E-state index contributed by atoms with van der Waals surface area (Å²) in [5.74, 6) is 0.385. The molecule has 2 amide bonds. The minimum absolute atomic E-state index is 0.120. The molecule has 0 saturated heterocycles. The minimum atomic E-state index is -0.437. The Bertz CT molecular complexity index is 949. The van der Waals surface area contributed by atoms with Crippen LogP contribution in [-0.2, 0) is 9.59 Å². The predicted octanol–water partition coefficient (Wildman–Crippen LogP) is 4.11. The summed E-state index contributed by atoms with van der Waals surface area (Å²) in [6, 6.07) is 17.0. The second kappa shape index (κ2) is 6.88. The van der Waals surface area contributed by atoms with Gasteiger partial charge in [-0.05, 0) is 31.2 Å². The zero-order valence-electron chi connectivity index (χ0n) is 14.2. The van der Waals surface area contributed by atoms with Gasteiger partial charge in [-0.2, -0.15) is 0 Å². The molecule has 1 aliphatic rings. The van der Waals surface area contributed by atoms with Crippen molar-refractivity contribution in [1.82, 2.24) is 5.32 Å². The van der Waals surface area contributed by atoms with Gasteiger partial charge in [0.25, 0.3) is 0 Å². The van der Waals surface area contributed by atoms with Gasteiger partial charge in [-0.1, -0.05) is 30.3 Å². The van der Waals surface area contributed by atoms with Gasteiger partial charge in [0.1, 0.15) is 11.3 Å². The van der Waals surface area contributed by atoms with Crippen LogP contribution in [0.3, 0.4) is 0 Å². The third kappa shape index (κ3) is 3.32. The fourth-order valence-corrected chi connectivity index (χ4v) is 4.09. The van der Waals surface area contributed by atoms with Crippen LogP contribution in [0.2, 0.25) is 0 Å². The van der Waals surface area contributed by atoms with Crippen molar-refractivity contribution in [2.24, 2.45) is 0 Å². The van der Waals surface area contributed by atoms with Gasteiger partial charge in [-0.15, -0.1) is 11.8 Å². The zero-order valence-corrected chi connectivity index (χ0v) is 15.0. The SMILES string of the molecule is C[C@H](NC(=O)C[C@H]1Sc2ccccc2NC1=O)c1cc2ccccc2o1. The second-order valence-corrected chi connectivity index (χ2v) is 7.52. The summed E-state index contributed by atoms with van der Waals surface area (Å²) in [7, 11) is 0. The molecular formula is C20H18N2O3S. The largest absolute Gasteiger partial charge is 0.459 e. The average Bonchev–Trinajstić information content (AvgIpc) is 3.06. The Labute approximate surface area is 155 Å². The fourth-order valence-electron chi connectivity index (χ4n) is 2.98. The van der Waals surface area contributed by atoms with Gasteiger partial charge >= 0.3 is 0 Å². The van der Waals surface area contributed by atoms with Crippen molar-refractivity contribution in [1.29, 1.82) is 0 Å². The van der Waals surface area contributed by atoms with Crippen LogP contribution >= 0.6 is 11.8 Å². The Morgan fingerprint density at radius 3 is 2.85 bits per heavy atom. The van der Waals surface area contributed by atoms with Gasteiger partial charge in [-0.3, -0.25) is 9.59 Å². The van der Waals surface area contributed by atoms with Gasteiger partial charge in [0.15, 0.2) is 0 Å². The summed E-state index contributed by atoms with van der Waals surface area (Å²) in [4.78, 5) is 25.6. The monoisotopic (exact) mass is 366 g/mol. The molecule has 4 rings (SSSR count). The number of furan rings is 1. The molecule has 132 valence electrons. The molecule has 2 aromatic carbocycles. The molecule has 0 radical (unpaired) electrons. The van der Waals surface area contributed by atoms with Crippen molar-refractivity contribution in [2.75, 3.05) is 5.32 Å². The molecule has 1 aliphatic heterocycles. The highest BCUT2D eigenvalue weighted by atomic mass is 32.2. The summed E-state index contributed by atoms with van der Waals surface area (Å²) in [5.41, 5.74) is 1.59. The van der Waals surface area contributed by atoms with Crippen LogP contribution in [0.15, 0.2) is 63.9 Å². The summed E-state index contributed by atoms with van der Waals surface area (Å²) >= 11 is 1.42. The lowest BCUT2D eigenvalue weighted by Gasteiger charge is -2.24. The maximum atomic E-state index is 12.4. The zero-order chi connectivity index (χ0) is 18.1. The first-order valence-corrected chi connectivity index (χ1v) is 9.32. The number of para-hydroxylation sites is 2. The number of anilines is 1. The molecule has 2 heterocycles. The topological polar surface area (TPSA) is 71.3 Å². The number of carbonyl (C=O) groups excluding carboxylic acids is 2. The molecule has 5 nitrogen and oxygen atoms in total. The number of carbonyl (C=O) groups is 2. The Hall–Kier alpha value is -2.73. The lowest BCUT2D eigenvalue weighted by Crippen LogP contribution is -2.35. The summed E-state index contributed by atoms with van der Waals surface area (Å²) in [6.45, 7) is 1.87. The molecule has 0 saturated carbocycles. The van der Waals surface area contributed by atoms with Crippen LogP contribution in [0, 0.1) is 0 Å². The summed E-state index contributed by atoms with van der Waals surface area (Å²) in [6.07, 6.45) is 0.120. The first-order valence-electron chi connectivity index (χ1n) is 8.44. The Morgan fingerprint density at radius 2 is 2.00 bits per heavy atom. The summed E-state index contributed by atoms with van der Waals surface area (Å²) in [5, 5.41) is 6.35. The number of amides is 2. The number of hydrogen-bond donors (Lipinski definition) is 2. The molecule has 0 bridgehead atoms. The molecule has 0 aliphatic carbocycles. The van der Waals surface area contributed by atoms with E-state index in [0.29, 0.717) is 5.76 Å². The smallest absolute Gasteiger partial charge is 0.238 e. The lowest BCUT2D eigenvalue weighted by atomic mass is 10.2. The number of fused-ring (bicyclic) bond motifs is 2. The van der Waals surface area contributed by atoms with Crippen molar-refractivity contribution in [3.63, 3.8) is 0 Å². The van der Waals surface area contributed by atoms with Gasteiger partial charge in [0.05, 0.1) is 17.0 Å². The van der Waals surface area contributed by atoms with Crippen LogP contribution < -0.4 is 10.6 Å². The third-order valence-electron chi connectivity index (χ3n) is 4.33. The quantitative estimate of drug-likeness (QED) is 0.729. The molecule has 0 unspecified atom stereocenters.